The molecule has 0 radical (unpaired) electrons. The summed E-state index contributed by atoms with van der Waals surface area (Å²) in [5.41, 5.74) is 0.560. The van der Waals surface area contributed by atoms with Crippen molar-refractivity contribution in [2.75, 3.05) is 31.2 Å². The average molecular weight is 399 g/mol. The zero-order chi connectivity index (χ0) is 20.1. The number of nitrogens with zero attached hydrogens (tertiary/aromatic N) is 4. The van der Waals surface area contributed by atoms with Crippen LogP contribution in [0.15, 0.2) is 34.3 Å². The quantitative estimate of drug-likeness (QED) is 0.479. The van der Waals surface area contributed by atoms with Crippen molar-refractivity contribution in [2.24, 2.45) is 5.16 Å². The summed E-state index contributed by atoms with van der Waals surface area (Å²) < 4.78 is 6.85. The SMILES string of the molecule is O=C(NC1CCCCC1)ON=Cc1c(N2CCOCC2)nc2ccccn2c1=O. The second kappa shape index (κ2) is 9.04. The van der Waals surface area contributed by atoms with Crippen molar-refractivity contribution in [1.82, 2.24) is 14.7 Å². The summed E-state index contributed by atoms with van der Waals surface area (Å²) in [4.78, 5) is 36.6. The fourth-order valence-electron chi connectivity index (χ4n) is 3.79. The number of oxime groups is 1. The Morgan fingerprint density at radius 2 is 2.03 bits per heavy atom. The van der Waals surface area contributed by atoms with Gasteiger partial charge < -0.3 is 15.0 Å². The van der Waals surface area contributed by atoms with Crippen molar-refractivity contribution in [3.05, 3.63) is 40.3 Å². The van der Waals surface area contributed by atoms with Gasteiger partial charge in [-0.05, 0) is 25.0 Å². The van der Waals surface area contributed by atoms with Crippen molar-refractivity contribution < 1.29 is 14.4 Å². The van der Waals surface area contributed by atoms with E-state index in [2.05, 4.69) is 15.5 Å². The summed E-state index contributed by atoms with van der Waals surface area (Å²) in [6.07, 6.45) is 7.66. The minimum atomic E-state index is -0.602. The first-order valence-corrected chi connectivity index (χ1v) is 10.1. The van der Waals surface area contributed by atoms with Crippen LogP contribution in [0.5, 0.6) is 0 Å². The molecule has 3 heterocycles. The molecule has 2 fully saturated rings. The number of anilines is 1. The number of aromatic nitrogens is 2. The number of carbonyl (C=O) groups excluding carboxylic acids is 1. The maximum atomic E-state index is 13.0. The number of amides is 1. The topological polar surface area (TPSA) is 97.5 Å². The highest BCUT2D eigenvalue weighted by Gasteiger charge is 2.20. The molecule has 0 aromatic carbocycles. The molecule has 9 nitrogen and oxygen atoms in total. The van der Waals surface area contributed by atoms with Gasteiger partial charge in [0, 0.05) is 25.3 Å². The third kappa shape index (κ3) is 4.56. The van der Waals surface area contributed by atoms with Gasteiger partial charge in [-0.1, -0.05) is 30.5 Å². The number of morpholine rings is 1. The van der Waals surface area contributed by atoms with Crippen molar-refractivity contribution in [2.45, 2.75) is 38.1 Å². The standard InChI is InChI=1S/C20H25N5O4/c26-19-16(14-21-29-20(27)22-15-6-2-1-3-7-15)18(24-10-12-28-13-11-24)23-17-8-4-5-9-25(17)19/h4-5,8-9,14-15H,1-3,6-7,10-13H2,(H,22,27). The number of rotatable bonds is 4. The molecule has 0 unspecified atom stereocenters. The number of fused-ring (bicyclic) bond motifs is 1. The molecule has 2 aliphatic rings. The van der Waals surface area contributed by atoms with Crippen LogP contribution in [0.25, 0.3) is 5.65 Å². The summed E-state index contributed by atoms with van der Waals surface area (Å²) >= 11 is 0. The molecule has 1 aliphatic heterocycles. The smallest absolute Gasteiger partial charge is 0.378 e. The molecule has 29 heavy (non-hydrogen) atoms. The molecule has 1 aliphatic carbocycles. The van der Waals surface area contributed by atoms with Crippen LogP contribution >= 0.6 is 0 Å². The van der Waals surface area contributed by atoms with Crippen molar-refractivity contribution in [3.63, 3.8) is 0 Å². The zero-order valence-electron chi connectivity index (χ0n) is 16.2. The summed E-state index contributed by atoms with van der Waals surface area (Å²) in [5.74, 6) is 0.518. The van der Waals surface area contributed by atoms with Gasteiger partial charge in [-0.15, -0.1) is 0 Å². The van der Waals surface area contributed by atoms with E-state index in [9.17, 15) is 9.59 Å². The van der Waals surface area contributed by atoms with Crippen LogP contribution in [0.2, 0.25) is 0 Å². The highest BCUT2D eigenvalue weighted by atomic mass is 16.7. The Balaban J connectivity index is 1.56. The maximum Gasteiger partial charge on any atom is 0.433 e. The molecular weight excluding hydrogens is 374 g/mol. The maximum absolute atomic E-state index is 13.0. The van der Waals surface area contributed by atoms with Crippen LogP contribution in [0.4, 0.5) is 10.6 Å². The lowest BCUT2D eigenvalue weighted by Gasteiger charge is -2.28. The van der Waals surface area contributed by atoms with Gasteiger partial charge in [-0.2, -0.15) is 0 Å². The predicted molar refractivity (Wildman–Crippen MR) is 109 cm³/mol. The van der Waals surface area contributed by atoms with E-state index < -0.39 is 6.09 Å². The number of carbonyl (C=O) groups is 1. The molecule has 0 spiro atoms. The highest BCUT2D eigenvalue weighted by Crippen LogP contribution is 2.18. The molecule has 9 heteroatoms. The minimum Gasteiger partial charge on any atom is -0.378 e. The van der Waals surface area contributed by atoms with E-state index in [-0.39, 0.29) is 17.2 Å². The van der Waals surface area contributed by atoms with Crippen molar-refractivity contribution in [3.8, 4) is 0 Å². The molecule has 1 N–H and O–H groups in total. The van der Waals surface area contributed by atoms with Crippen LogP contribution in [-0.2, 0) is 9.57 Å². The Bertz CT molecular complexity index is 946. The molecule has 1 saturated carbocycles. The fourth-order valence-corrected chi connectivity index (χ4v) is 3.79. The molecule has 1 amide bonds. The number of hydrogen-bond acceptors (Lipinski definition) is 7. The van der Waals surface area contributed by atoms with Gasteiger partial charge in [0.1, 0.15) is 17.0 Å². The largest absolute Gasteiger partial charge is 0.433 e. The number of pyridine rings is 1. The van der Waals surface area contributed by atoms with Crippen LogP contribution in [0.1, 0.15) is 37.7 Å². The number of hydrogen-bond donors (Lipinski definition) is 1. The normalized spacial score (nSPS) is 18.3. The molecule has 1 saturated heterocycles. The first kappa shape index (κ1) is 19.4. The lowest BCUT2D eigenvalue weighted by molar-refractivity contribution is 0.122. The minimum absolute atomic E-state index is 0.128. The third-order valence-corrected chi connectivity index (χ3v) is 5.30. The van der Waals surface area contributed by atoms with Gasteiger partial charge in [0.2, 0.25) is 0 Å². The number of ether oxygens (including phenoxy) is 1. The van der Waals surface area contributed by atoms with E-state index in [4.69, 9.17) is 9.57 Å². The van der Waals surface area contributed by atoms with E-state index in [0.29, 0.717) is 37.8 Å². The van der Waals surface area contributed by atoms with Crippen molar-refractivity contribution in [1.29, 1.82) is 0 Å². The zero-order valence-corrected chi connectivity index (χ0v) is 16.2. The summed E-state index contributed by atoms with van der Waals surface area (Å²) in [5, 5.41) is 6.61. The summed E-state index contributed by atoms with van der Waals surface area (Å²) in [7, 11) is 0. The Hall–Kier alpha value is -2.94. The lowest BCUT2D eigenvalue weighted by atomic mass is 9.96. The Morgan fingerprint density at radius 3 is 2.83 bits per heavy atom. The van der Waals surface area contributed by atoms with E-state index >= 15 is 0 Å². The van der Waals surface area contributed by atoms with Gasteiger partial charge >= 0.3 is 6.09 Å². The molecule has 0 bridgehead atoms. The van der Waals surface area contributed by atoms with Crippen molar-refractivity contribution >= 4 is 23.8 Å². The Kier molecular flexibility index (Phi) is 6.04. The van der Waals surface area contributed by atoms with E-state index in [1.165, 1.54) is 17.0 Å². The molecular formula is C20H25N5O4. The van der Waals surface area contributed by atoms with Crippen LogP contribution in [0.3, 0.4) is 0 Å². The van der Waals surface area contributed by atoms with E-state index in [1.54, 1.807) is 18.3 Å². The third-order valence-electron chi connectivity index (χ3n) is 5.30. The first-order valence-electron chi connectivity index (χ1n) is 10.1. The van der Waals surface area contributed by atoms with Crippen LogP contribution < -0.4 is 15.8 Å². The van der Waals surface area contributed by atoms with Gasteiger partial charge in [0.25, 0.3) is 5.56 Å². The second-order valence-electron chi connectivity index (χ2n) is 7.28. The Labute approximate surface area is 168 Å². The monoisotopic (exact) mass is 399 g/mol. The predicted octanol–water partition coefficient (Wildman–Crippen LogP) is 1.92. The van der Waals surface area contributed by atoms with E-state index in [0.717, 1.165) is 25.7 Å². The van der Waals surface area contributed by atoms with Crippen LogP contribution in [0, 0.1) is 0 Å². The summed E-state index contributed by atoms with van der Waals surface area (Å²) in [6.45, 7) is 2.37. The second-order valence-corrected chi connectivity index (χ2v) is 7.28. The molecule has 2 aromatic rings. The van der Waals surface area contributed by atoms with E-state index in [1.807, 2.05) is 11.0 Å². The first-order chi connectivity index (χ1) is 14.2. The Morgan fingerprint density at radius 1 is 1.24 bits per heavy atom. The summed E-state index contributed by atoms with van der Waals surface area (Å²) in [6, 6.07) is 5.50. The fraction of sp³-hybridized carbons (Fsp3) is 0.500. The van der Waals surface area contributed by atoms with Crippen LogP contribution in [-0.4, -0.2) is 54.0 Å². The highest BCUT2D eigenvalue weighted by molar-refractivity contribution is 5.87. The van der Waals surface area contributed by atoms with Gasteiger partial charge in [-0.3, -0.25) is 14.0 Å². The molecule has 4 rings (SSSR count). The van der Waals surface area contributed by atoms with Gasteiger partial charge in [0.15, 0.2) is 0 Å². The van der Waals surface area contributed by atoms with Gasteiger partial charge in [-0.25, -0.2) is 9.78 Å². The average Bonchev–Trinajstić information content (AvgIpc) is 2.76. The molecule has 2 aromatic heterocycles. The molecule has 0 atom stereocenters. The molecule has 154 valence electrons. The van der Waals surface area contributed by atoms with Gasteiger partial charge in [0.05, 0.1) is 19.4 Å². The number of nitrogens with one attached hydrogen (secondary N) is 1. The lowest BCUT2D eigenvalue weighted by Crippen LogP contribution is -2.39.